The molecule has 4 heteroatoms. The summed E-state index contributed by atoms with van der Waals surface area (Å²) in [6, 6.07) is 6.30. The van der Waals surface area contributed by atoms with Crippen LogP contribution in [0.15, 0.2) is 18.2 Å². The molecule has 27 heavy (non-hydrogen) atoms. The molecule has 0 radical (unpaired) electrons. The number of carbonyl (C=O) groups excluding carboxylic acids is 1. The van der Waals surface area contributed by atoms with Gasteiger partial charge >= 0.3 is 0 Å². The van der Waals surface area contributed by atoms with Gasteiger partial charge in [0.15, 0.2) is 0 Å². The van der Waals surface area contributed by atoms with Gasteiger partial charge in [0.1, 0.15) is 0 Å². The molecule has 0 N–H and O–H groups in total. The van der Waals surface area contributed by atoms with Gasteiger partial charge in [-0.05, 0) is 81.5 Å². The average Bonchev–Trinajstić information content (AvgIpc) is 3.01. The lowest BCUT2D eigenvalue weighted by Crippen LogP contribution is -2.30. The fourth-order valence-corrected chi connectivity index (χ4v) is 5.22. The van der Waals surface area contributed by atoms with Crippen LogP contribution in [0.5, 0.6) is 0 Å². The van der Waals surface area contributed by atoms with Crippen molar-refractivity contribution < 1.29 is 9.53 Å². The number of nitrogens with zero attached hydrogens (tertiary/aromatic N) is 2. The van der Waals surface area contributed by atoms with Gasteiger partial charge in [0.05, 0.1) is 0 Å². The monoisotopic (exact) mass is 368 g/mol. The summed E-state index contributed by atoms with van der Waals surface area (Å²) < 4.78 is 7.93. The third-order valence-corrected chi connectivity index (χ3v) is 6.88. The fourth-order valence-electron chi connectivity index (χ4n) is 5.22. The number of amides is 1. The van der Waals surface area contributed by atoms with Gasteiger partial charge in [-0.2, -0.15) is 0 Å². The van der Waals surface area contributed by atoms with Crippen LogP contribution >= 0.6 is 0 Å². The Kier molecular flexibility index (Phi) is 5.27. The Bertz CT molecular complexity index is 829. The average molecular weight is 369 g/mol. The van der Waals surface area contributed by atoms with E-state index in [-0.39, 0.29) is 5.91 Å². The van der Waals surface area contributed by atoms with Crippen LogP contribution in [0.1, 0.15) is 54.7 Å². The maximum atomic E-state index is 12.8. The highest BCUT2D eigenvalue weighted by atomic mass is 16.5. The van der Waals surface area contributed by atoms with Crippen LogP contribution in [0.3, 0.4) is 0 Å². The Labute approximate surface area is 162 Å². The molecule has 2 aliphatic rings. The molecule has 1 unspecified atom stereocenters. The molecule has 146 valence electrons. The minimum Gasteiger partial charge on any atom is -0.381 e. The Morgan fingerprint density at radius 3 is 2.59 bits per heavy atom. The van der Waals surface area contributed by atoms with E-state index in [4.69, 9.17) is 4.74 Å². The first-order chi connectivity index (χ1) is 13.1. The zero-order valence-electron chi connectivity index (χ0n) is 17.0. The van der Waals surface area contributed by atoms with E-state index in [2.05, 4.69) is 23.7 Å². The van der Waals surface area contributed by atoms with Gasteiger partial charge in [-0.25, -0.2) is 0 Å². The number of carbonyl (C=O) groups is 1. The molecule has 4 rings (SSSR count). The molecule has 0 bridgehead atoms. The smallest absolute Gasteiger partial charge is 0.253 e. The van der Waals surface area contributed by atoms with E-state index in [0.29, 0.717) is 0 Å². The minimum absolute atomic E-state index is 0.149. The number of benzene rings is 1. The second-order valence-corrected chi connectivity index (χ2v) is 8.15. The molecular formula is C23H32N2O2. The van der Waals surface area contributed by atoms with E-state index < -0.39 is 0 Å². The molecular weight excluding hydrogens is 336 g/mol. The number of aryl methyl sites for hydroxylation is 1. The standard InChI is InChI=1S/C23H32N2O2/c1-4-25(5-2)23(26)18-7-9-22-20(15-18)19-14-17(6-8-21(19)24(22)3)16-10-12-27-13-11-16/h7,9,15-17H,4-6,8,10-14H2,1-3H3. The number of hydrogen-bond donors (Lipinski definition) is 0. The van der Waals surface area contributed by atoms with Crippen molar-refractivity contribution in [3.8, 4) is 0 Å². The normalized spacial score (nSPS) is 20.6. The van der Waals surface area contributed by atoms with E-state index in [1.165, 1.54) is 41.4 Å². The number of fused-ring (bicyclic) bond motifs is 3. The van der Waals surface area contributed by atoms with E-state index in [9.17, 15) is 4.79 Å². The van der Waals surface area contributed by atoms with Gasteiger partial charge in [-0.3, -0.25) is 4.79 Å². The Balaban J connectivity index is 1.69. The summed E-state index contributed by atoms with van der Waals surface area (Å²) in [4.78, 5) is 14.7. The molecule has 4 nitrogen and oxygen atoms in total. The highest BCUT2D eigenvalue weighted by Gasteiger charge is 2.31. The zero-order valence-corrected chi connectivity index (χ0v) is 17.0. The van der Waals surface area contributed by atoms with Crippen LogP contribution in [0.2, 0.25) is 0 Å². The van der Waals surface area contributed by atoms with E-state index in [0.717, 1.165) is 56.5 Å². The third kappa shape index (κ3) is 3.29. The van der Waals surface area contributed by atoms with Crippen molar-refractivity contribution in [2.45, 2.75) is 46.0 Å². The van der Waals surface area contributed by atoms with Crippen molar-refractivity contribution in [2.24, 2.45) is 18.9 Å². The van der Waals surface area contributed by atoms with E-state index in [1.807, 2.05) is 24.8 Å². The zero-order chi connectivity index (χ0) is 19.0. The van der Waals surface area contributed by atoms with Crippen LogP contribution < -0.4 is 0 Å². The van der Waals surface area contributed by atoms with Crippen molar-refractivity contribution in [3.63, 3.8) is 0 Å². The number of rotatable bonds is 4. The molecule has 2 aromatic rings. The molecule has 1 amide bonds. The van der Waals surface area contributed by atoms with Crippen LogP contribution in [0.25, 0.3) is 10.9 Å². The summed E-state index contributed by atoms with van der Waals surface area (Å²) in [7, 11) is 2.18. The van der Waals surface area contributed by atoms with Gasteiger partial charge in [-0.15, -0.1) is 0 Å². The molecule has 0 saturated carbocycles. The van der Waals surface area contributed by atoms with E-state index >= 15 is 0 Å². The quantitative estimate of drug-likeness (QED) is 0.811. The molecule has 1 aromatic carbocycles. The number of hydrogen-bond acceptors (Lipinski definition) is 2. The third-order valence-electron chi connectivity index (χ3n) is 6.88. The summed E-state index contributed by atoms with van der Waals surface area (Å²) in [6.45, 7) is 7.45. The second-order valence-electron chi connectivity index (χ2n) is 8.15. The van der Waals surface area contributed by atoms with Crippen molar-refractivity contribution >= 4 is 16.8 Å². The van der Waals surface area contributed by atoms with Gasteiger partial charge in [0.2, 0.25) is 0 Å². The highest BCUT2D eigenvalue weighted by molar-refractivity contribution is 5.99. The number of ether oxygens (including phenoxy) is 1. The maximum Gasteiger partial charge on any atom is 0.253 e. The Morgan fingerprint density at radius 2 is 1.89 bits per heavy atom. The summed E-state index contributed by atoms with van der Waals surface area (Å²) in [5.41, 5.74) is 5.06. The summed E-state index contributed by atoms with van der Waals surface area (Å²) in [6.07, 6.45) is 6.00. The molecule has 1 fully saturated rings. The van der Waals surface area contributed by atoms with Crippen molar-refractivity contribution in [3.05, 3.63) is 35.0 Å². The fraction of sp³-hybridized carbons (Fsp3) is 0.609. The summed E-state index contributed by atoms with van der Waals surface area (Å²) >= 11 is 0. The molecule has 1 atom stereocenters. The van der Waals surface area contributed by atoms with Crippen molar-refractivity contribution in [1.29, 1.82) is 0 Å². The lowest BCUT2D eigenvalue weighted by molar-refractivity contribution is 0.0439. The molecule has 2 heterocycles. The SMILES string of the molecule is CCN(CC)C(=O)c1ccc2c(c1)c1c(n2C)CCC(C2CCOCC2)C1. The largest absolute Gasteiger partial charge is 0.381 e. The number of aromatic nitrogens is 1. The predicted molar refractivity (Wildman–Crippen MR) is 109 cm³/mol. The van der Waals surface area contributed by atoms with Gasteiger partial charge in [-0.1, -0.05) is 0 Å². The first-order valence-electron chi connectivity index (χ1n) is 10.6. The van der Waals surface area contributed by atoms with Crippen LogP contribution in [0, 0.1) is 11.8 Å². The molecule has 1 saturated heterocycles. The molecule has 1 aliphatic heterocycles. The van der Waals surface area contributed by atoms with Crippen molar-refractivity contribution in [2.75, 3.05) is 26.3 Å². The first kappa shape index (κ1) is 18.5. The maximum absolute atomic E-state index is 12.8. The second kappa shape index (κ2) is 7.67. The molecule has 1 aromatic heterocycles. The predicted octanol–water partition coefficient (Wildman–Crippen LogP) is 4.19. The van der Waals surface area contributed by atoms with Gasteiger partial charge < -0.3 is 14.2 Å². The highest BCUT2D eigenvalue weighted by Crippen LogP contribution is 2.39. The van der Waals surface area contributed by atoms with Crippen molar-refractivity contribution in [1.82, 2.24) is 9.47 Å². The topological polar surface area (TPSA) is 34.5 Å². The van der Waals surface area contributed by atoms with Crippen LogP contribution in [-0.2, 0) is 24.6 Å². The molecule has 0 spiro atoms. The Morgan fingerprint density at radius 1 is 1.15 bits per heavy atom. The van der Waals surface area contributed by atoms with Gasteiger partial charge in [0, 0.05) is 55.5 Å². The Hall–Kier alpha value is -1.81. The van der Waals surface area contributed by atoms with E-state index in [1.54, 1.807) is 0 Å². The van der Waals surface area contributed by atoms with Crippen LogP contribution in [0.4, 0.5) is 0 Å². The summed E-state index contributed by atoms with van der Waals surface area (Å²) in [5, 5.41) is 1.29. The lowest BCUT2D eigenvalue weighted by atomic mass is 9.75. The minimum atomic E-state index is 0.149. The summed E-state index contributed by atoms with van der Waals surface area (Å²) in [5.74, 6) is 1.70. The molecule has 1 aliphatic carbocycles. The first-order valence-corrected chi connectivity index (χ1v) is 10.6. The lowest BCUT2D eigenvalue weighted by Gasteiger charge is -2.33. The van der Waals surface area contributed by atoms with Gasteiger partial charge in [0.25, 0.3) is 5.91 Å². The van der Waals surface area contributed by atoms with Crippen LogP contribution in [-0.4, -0.2) is 41.7 Å².